The van der Waals surface area contributed by atoms with E-state index in [0.29, 0.717) is 11.6 Å². The summed E-state index contributed by atoms with van der Waals surface area (Å²) in [5, 5.41) is 0.716. The van der Waals surface area contributed by atoms with E-state index in [1.165, 1.54) is 5.56 Å². The van der Waals surface area contributed by atoms with Crippen LogP contribution >= 0.6 is 11.6 Å². The Kier molecular flexibility index (Phi) is 3.23. The standard InChI is InChI=1S/C15H14ClN3/c16-12-6-5-11(7-8-17)15(9-12)19-10-18-13-3-1-2-4-14(13)19/h1-6,9-10H,7-8,17H2. The van der Waals surface area contributed by atoms with E-state index in [0.717, 1.165) is 23.1 Å². The first-order chi connectivity index (χ1) is 9.29. The number of aromatic nitrogens is 2. The highest BCUT2D eigenvalue weighted by atomic mass is 35.5. The van der Waals surface area contributed by atoms with E-state index in [4.69, 9.17) is 17.3 Å². The van der Waals surface area contributed by atoms with Crippen molar-refractivity contribution < 1.29 is 0 Å². The van der Waals surface area contributed by atoms with Gasteiger partial charge in [0.05, 0.1) is 16.7 Å². The largest absolute Gasteiger partial charge is 0.330 e. The van der Waals surface area contributed by atoms with Crippen molar-refractivity contribution in [1.82, 2.24) is 9.55 Å². The molecule has 3 rings (SSSR count). The molecule has 0 saturated carbocycles. The zero-order chi connectivity index (χ0) is 13.2. The number of hydrogen-bond acceptors (Lipinski definition) is 2. The fraction of sp³-hybridized carbons (Fsp3) is 0.133. The minimum Gasteiger partial charge on any atom is -0.330 e. The molecule has 0 bridgehead atoms. The molecule has 0 amide bonds. The molecule has 0 saturated heterocycles. The average Bonchev–Trinajstić information content (AvgIpc) is 2.85. The number of rotatable bonds is 3. The first-order valence-electron chi connectivity index (χ1n) is 6.20. The van der Waals surface area contributed by atoms with Crippen molar-refractivity contribution in [2.24, 2.45) is 5.73 Å². The van der Waals surface area contributed by atoms with Crippen LogP contribution in [0.2, 0.25) is 5.02 Å². The van der Waals surface area contributed by atoms with E-state index in [1.54, 1.807) is 0 Å². The van der Waals surface area contributed by atoms with Gasteiger partial charge in [0, 0.05) is 5.02 Å². The summed E-state index contributed by atoms with van der Waals surface area (Å²) in [4.78, 5) is 4.41. The summed E-state index contributed by atoms with van der Waals surface area (Å²) in [5.74, 6) is 0. The summed E-state index contributed by atoms with van der Waals surface area (Å²) in [6.45, 7) is 0.612. The minimum atomic E-state index is 0.612. The predicted octanol–water partition coefficient (Wildman–Crippen LogP) is 3.18. The molecule has 0 atom stereocenters. The fourth-order valence-electron chi connectivity index (χ4n) is 2.28. The third kappa shape index (κ3) is 2.23. The molecule has 4 heteroatoms. The topological polar surface area (TPSA) is 43.8 Å². The molecule has 2 aromatic carbocycles. The third-order valence-electron chi connectivity index (χ3n) is 3.17. The molecule has 2 N–H and O–H groups in total. The van der Waals surface area contributed by atoms with Crippen molar-refractivity contribution >= 4 is 22.6 Å². The van der Waals surface area contributed by atoms with Crippen molar-refractivity contribution in [2.75, 3.05) is 6.54 Å². The summed E-state index contributed by atoms with van der Waals surface area (Å²) < 4.78 is 2.06. The van der Waals surface area contributed by atoms with Crippen LogP contribution in [0.15, 0.2) is 48.8 Å². The Hall–Kier alpha value is -1.84. The Balaban J connectivity index is 2.23. The van der Waals surface area contributed by atoms with Gasteiger partial charge < -0.3 is 5.73 Å². The lowest BCUT2D eigenvalue weighted by Crippen LogP contribution is -2.06. The summed E-state index contributed by atoms with van der Waals surface area (Å²) >= 11 is 6.12. The van der Waals surface area contributed by atoms with Crippen molar-refractivity contribution in [3.05, 3.63) is 59.4 Å². The summed E-state index contributed by atoms with van der Waals surface area (Å²) in [5.41, 5.74) is 9.95. The van der Waals surface area contributed by atoms with E-state index in [-0.39, 0.29) is 0 Å². The molecule has 0 spiro atoms. The maximum absolute atomic E-state index is 6.12. The second-order valence-electron chi connectivity index (χ2n) is 4.41. The third-order valence-corrected chi connectivity index (χ3v) is 3.41. The van der Waals surface area contributed by atoms with Gasteiger partial charge >= 0.3 is 0 Å². The van der Waals surface area contributed by atoms with Gasteiger partial charge in [-0.25, -0.2) is 4.98 Å². The van der Waals surface area contributed by atoms with Crippen LogP contribution in [-0.2, 0) is 6.42 Å². The van der Waals surface area contributed by atoms with Gasteiger partial charge in [-0.1, -0.05) is 29.8 Å². The van der Waals surface area contributed by atoms with Gasteiger partial charge in [-0.05, 0) is 42.8 Å². The Morgan fingerprint density at radius 3 is 2.84 bits per heavy atom. The van der Waals surface area contributed by atoms with Crippen molar-refractivity contribution in [3.63, 3.8) is 0 Å². The van der Waals surface area contributed by atoms with Crippen molar-refractivity contribution in [2.45, 2.75) is 6.42 Å². The molecule has 3 nitrogen and oxygen atoms in total. The highest BCUT2D eigenvalue weighted by molar-refractivity contribution is 6.30. The number of imidazole rings is 1. The van der Waals surface area contributed by atoms with Gasteiger partial charge in [0.2, 0.25) is 0 Å². The highest BCUT2D eigenvalue weighted by Gasteiger charge is 2.09. The van der Waals surface area contributed by atoms with Crippen LogP contribution in [-0.4, -0.2) is 16.1 Å². The van der Waals surface area contributed by atoms with Crippen molar-refractivity contribution in [1.29, 1.82) is 0 Å². The fourth-order valence-corrected chi connectivity index (χ4v) is 2.45. The number of benzene rings is 2. The maximum Gasteiger partial charge on any atom is 0.100 e. The van der Waals surface area contributed by atoms with E-state index in [1.807, 2.05) is 42.7 Å². The summed E-state index contributed by atoms with van der Waals surface area (Å²) in [6, 6.07) is 13.9. The van der Waals surface area contributed by atoms with E-state index >= 15 is 0 Å². The Morgan fingerprint density at radius 2 is 2.00 bits per heavy atom. The van der Waals surface area contributed by atoms with E-state index in [2.05, 4.69) is 15.6 Å². The summed E-state index contributed by atoms with van der Waals surface area (Å²) in [6.07, 6.45) is 2.65. The number of hydrogen-bond donors (Lipinski definition) is 1. The van der Waals surface area contributed by atoms with Crippen LogP contribution in [0.5, 0.6) is 0 Å². The number of nitrogens with two attached hydrogens (primary N) is 1. The lowest BCUT2D eigenvalue weighted by molar-refractivity contribution is 0.942. The van der Waals surface area contributed by atoms with Crippen LogP contribution in [0.3, 0.4) is 0 Å². The molecule has 19 heavy (non-hydrogen) atoms. The van der Waals surface area contributed by atoms with Gasteiger partial charge in [-0.15, -0.1) is 0 Å². The molecule has 0 unspecified atom stereocenters. The number of fused-ring (bicyclic) bond motifs is 1. The lowest BCUT2D eigenvalue weighted by atomic mass is 10.1. The smallest absolute Gasteiger partial charge is 0.100 e. The molecule has 1 aromatic heterocycles. The molecule has 0 radical (unpaired) electrons. The molecule has 0 aliphatic heterocycles. The minimum absolute atomic E-state index is 0.612. The second-order valence-corrected chi connectivity index (χ2v) is 4.85. The van der Waals surface area contributed by atoms with Crippen LogP contribution in [0.1, 0.15) is 5.56 Å². The Bertz CT molecular complexity index is 718. The molecule has 0 fully saturated rings. The van der Waals surface area contributed by atoms with Gasteiger partial charge in [0.1, 0.15) is 6.33 Å². The van der Waals surface area contributed by atoms with Crippen LogP contribution in [0, 0.1) is 0 Å². The normalized spacial score (nSPS) is 11.1. The molecular weight excluding hydrogens is 258 g/mol. The predicted molar refractivity (Wildman–Crippen MR) is 78.8 cm³/mol. The van der Waals surface area contributed by atoms with E-state index < -0.39 is 0 Å². The monoisotopic (exact) mass is 271 g/mol. The van der Waals surface area contributed by atoms with Crippen LogP contribution in [0.25, 0.3) is 16.7 Å². The maximum atomic E-state index is 6.12. The van der Waals surface area contributed by atoms with Gasteiger partial charge in [0.25, 0.3) is 0 Å². The Morgan fingerprint density at radius 1 is 1.16 bits per heavy atom. The van der Waals surface area contributed by atoms with E-state index in [9.17, 15) is 0 Å². The summed E-state index contributed by atoms with van der Waals surface area (Å²) in [7, 11) is 0. The molecule has 96 valence electrons. The first-order valence-corrected chi connectivity index (χ1v) is 6.58. The zero-order valence-corrected chi connectivity index (χ0v) is 11.1. The zero-order valence-electron chi connectivity index (χ0n) is 10.4. The first kappa shape index (κ1) is 12.2. The van der Waals surface area contributed by atoms with Gasteiger partial charge in [-0.2, -0.15) is 0 Å². The molecule has 1 heterocycles. The van der Waals surface area contributed by atoms with Gasteiger partial charge in [-0.3, -0.25) is 4.57 Å². The molecule has 0 aliphatic rings. The number of halogens is 1. The lowest BCUT2D eigenvalue weighted by Gasteiger charge is -2.11. The van der Waals surface area contributed by atoms with Gasteiger partial charge in [0.15, 0.2) is 0 Å². The SMILES string of the molecule is NCCc1ccc(Cl)cc1-n1cnc2ccccc21. The van der Waals surface area contributed by atoms with Crippen LogP contribution < -0.4 is 5.73 Å². The second kappa shape index (κ2) is 5.03. The molecular formula is C15H14ClN3. The number of nitrogens with zero attached hydrogens (tertiary/aromatic N) is 2. The number of para-hydroxylation sites is 2. The quantitative estimate of drug-likeness (QED) is 0.795. The average molecular weight is 272 g/mol. The van der Waals surface area contributed by atoms with Crippen LogP contribution in [0.4, 0.5) is 0 Å². The highest BCUT2D eigenvalue weighted by Crippen LogP contribution is 2.24. The van der Waals surface area contributed by atoms with Crippen molar-refractivity contribution in [3.8, 4) is 5.69 Å². The molecule has 3 aromatic rings. The molecule has 0 aliphatic carbocycles. The Labute approximate surface area is 116 Å².